The van der Waals surface area contributed by atoms with E-state index in [0.717, 1.165) is 0 Å². The predicted molar refractivity (Wildman–Crippen MR) is 76.0 cm³/mol. The van der Waals surface area contributed by atoms with Gasteiger partial charge in [-0.2, -0.15) is 0 Å². The fourth-order valence-corrected chi connectivity index (χ4v) is 1.66. The van der Waals surface area contributed by atoms with Crippen LogP contribution in [0.1, 0.15) is 20.8 Å². The molecule has 2 N–H and O–H groups in total. The minimum Gasteiger partial charge on any atom is -0.490 e. The minimum atomic E-state index is -0.539. The third kappa shape index (κ3) is 4.42. The number of para-hydroxylation sites is 1. The molecule has 1 aromatic rings. The Bertz CT molecular complexity index is 509. The molecule has 0 saturated carbocycles. The Balaban J connectivity index is 2.83. The van der Waals surface area contributed by atoms with Crippen LogP contribution in [-0.2, 0) is 4.79 Å². The number of nitrogens with zero attached hydrogens (tertiary/aromatic N) is 1. The highest BCUT2D eigenvalue weighted by molar-refractivity contribution is 5.82. The van der Waals surface area contributed by atoms with Gasteiger partial charge in [-0.3, -0.25) is 14.9 Å². The Hall–Kier alpha value is -2.31. The molecule has 0 fully saturated rings. The zero-order valence-corrected chi connectivity index (χ0v) is 12.0. The number of nitrogens with one attached hydrogen (secondary N) is 2. The van der Waals surface area contributed by atoms with Crippen molar-refractivity contribution < 1.29 is 14.5 Å². The first kappa shape index (κ1) is 15.7. The molecule has 1 amide bonds. The summed E-state index contributed by atoms with van der Waals surface area (Å²) in [5.41, 5.74) is -0.282. The molecule has 0 spiro atoms. The van der Waals surface area contributed by atoms with Gasteiger partial charge in [0.15, 0.2) is 5.75 Å². The Morgan fingerprint density at radius 1 is 1.40 bits per heavy atom. The number of nitro groups is 1. The monoisotopic (exact) mass is 281 g/mol. The van der Waals surface area contributed by atoms with Crippen LogP contribution in [0.25, 0.3) is 0 Å². The van der Waals surface area contributed by atoms with Crippen molar-refractivity contribution in [2.75, 3.05) is 19.0 Å². The molecule has 0 bridgehead atoms. The molecule has 0 radical (unpaired) electrons. The molecule has 110 valence electrons. The first-order valence-electron chi connectivity index (χ1n) is 6.11. The Labute approximate surface area is 117 Å². The lowest BCUT2D eigenvalue weighted by Gasteiger charge is -2.20. The van der Waals surface area contributed by atoms with E-state index in [2.05, 4.69) is 10.6 Å². The van der Waals surface area contributed by atoms with Crippen LogP contribution < -0.4 is 15.4 Å². The van der Waals surface area contributed by atoms with Crippen LogP contribution in [0.5, 0.6) is 5.75 Å². The fourth-order valence-electron chi connectivity index (χ4n) is 1.66. The molecule has 0 aliphatic carbocycles. The fraction of sp³-hybridized carbons (Fsp3) is 0.462. The van der Waals surface area contributed by atoms with E-state index < -0.39 is 4.92 Å². The number of carbonyl (C=O) groups excluding carboxylic acids is 1. The van der Waals surface area contributed by atoms with Crippen LogP contribution in [0.15, 0.2) is 18.2 Å². The van der Waals surface area contributed by atoms with Gasteiger partial charge in [0.25, 0.3) is 0 Å². The van der Waals surface area contributed by atoms with Gasteiger partial charge < -0.3 is 15.4 Å². The average molecular weight is 281 g/mol. The molecule has 20 heavy (non-hydrogen) atoms. The lowest BCUT2D eigenvalue weighted by atomic mass is 10.1. The lowest BCUT2D eigenvalue weighted by molar-refractivity contribution is -0.384. The van der Waals surface area contributed by atoms with Crippen LogP contribution in [-0.4, -0.2) is 30.0 Å². The Morgan fingerprint density at radius 2 is 2.05 bits per heavy atom. The van der Waals surface area contributed by atoms with Crippen molar-refractivity contribution in [3.63, 3.8) is 0 Å². The molecule has 1 rings (SSSR count). The summed E-state index contributed by atoms with van der Waals surface area (Å²) in [6.45, 7) is 5.53. The van der Waals surface area contributed by atoms with Gasteiger partial charge in [-0.15, -0.1) is 0 Å². The molecular weight excluding hydrogens is 262 g/mol. The SMILES string of the molecule is COc1cccc(NCC(=O)NC(C)(C)C)c1[N+](=O)[O-]. The zero-order chi connectivity index (χ0) is 15.3. The number of methoxy groups -OCH3 is 1. The number of carbonyl (C=O) groups is 1. The standard InChI is InChI=1S/C13H19N3O4/c1-13(2,3)15-11(17)8-14-9-6-5-7-10(20-4)12(9)16(18)19/h5-7,14H,8H2,1-4H3,(H,15,17). The molecular formula is C13H19N3O4. The van der Waals surface area contributed by atoms with Crippen molar-refractivity contribution in [3.05, 3.63) is 28.3 Å². The lowest BCUT2D eigenvalue weighted by Crippen LogP contribution is -2.43. The van der Waals surface area contributed by atoms with Crippen LogP contribution in [0.3, 0.4) is 0 Å². The van der Waals surface area contributed by atoms with E-state index in [1.54, 1.807) is 6.07 Å². The van der Waals surface area contributed by atoms with Gasteiger partial charge in [-0.1, -0.05) is 6.07 Å². The summed E-state index contributed by atoms with van der Waals surface area (Å²) < 4.78 is 4.95. The van der Waals surface area contributed by atoms with Crippen LogP contribution in [0.4, 0.5) is 11.4 Å². The third-order valence-electron chi connectivity index (χ3n) is 2.36. The Kier molecular flexibility index (Phi) is 4.90. The van der Waals surface area contributed by atoms with Crippen LogP contribution in [0, 0.1) is 10.1 Å². The van der Waals surface area contributed by atoms with Gasteiger partial charge in [0.05, 0.1) is 18.6 Å². The number of amides is 1. The quantitative estimate of drug-likeness (QED) is 0.635. The van der Waals surface area contributed by atoms with E-state index in [-0.39, 0.29) is 35.1 Å². The van der Waals surface area contributed by atoms with E-state index in [1.807, 2.05) is 20.8 Å². The summed E-state index contributed by atoms with van der Waals surface area (Å²) in [4.78, 5) is 22.2. The third-order valence-corrected chi connectivity index (χ3v) is 2.36. The predicted octanol–water partition coefficient (Wildman–Crippen LogP) is 1.93. The van der Waals surface area contributed by atoms with Crippen molar-refractivity contribution in [2.45, 2.75) is 26.3 Å². The molecule has 0 unspecified atom stereocenters. The summed E-state index contributed by atoms with van der Waals surface area (Å²) >= 11 is 0. The van der Waals surface area contributed by atoms with Crippen LogP contribution in [0.2, 0.25) is 0 Å². The van der Waals surface area contributed by atoms with Gasteiger partial charge >= 0.3 is 5.69 Å². The highest BCUT2D eigenvalue weighted by atomic mass is 16.6. The minimum absolute atomic E-state index is 0.0503. The topological polar surface area (TPSA) is 93.5 Å². The second kappa shape index (κ2) is 6.23. The molecule has 0 aliphatic rings. The van der Waals surface area contributed by atoms with E-state index in [9.17, 15) is 14.9 Å². The van der Waals surface area contributed by atoms with E-state index >= 15 is 0 Å². The maximum atomic E-state index is 11.7. The highest BCUT2D eigenvalue weighted by Crippen LogP contribution is 2.34. The summed E-state index contributed by atoms with van der Waals surface area (Å²) in [6, 6.07) is 4.65. The number of benzene rings is 1. The highest BCUT2D eigenvalue weighted by Gasteiger charge is 2.21. The summed E-state index contributed by atoms with van der Waals surface area (Å²) in [5.74, 6) is -0.0918. The molecule has 0 aliphatic heterocycles. The van der Waals surface area contributed by atoms with E-state index in [4.69, 9.17) is 4.74 Å². The maximum Gasteiger partial charge on any atom is 0.333 e. The molecule has 0 saturated heterocycles. The van der Waals surface area contributed by atoms with Crippen LogP contribution >= 0.6 is 0 Å². The number of ether oxygens (including phenoxy) is 1. The number of nitro benzene ring substituents is 1. The summed E-state index contributed by atoms with van der Waals surface area (Å²) in [5, 5.41) is 16.6. The molecule has 0 aromatic heterocycles. The number of rotatable bonds is 5. The maximum absolute atomic E-state index is 11.7. The van der Waals surface area contributed by atoms with Gasteiger partial charge in [-0.25, -0.2) is 0 Å². The zero-order valence-electron chi connectivity index (χ0n) is 12.0. The number of hydrogen-bond acceptors (Lipinski definition) is 5. The van der Waals surface area contributed by atoms with Crippen molar-refractivity contribution >= 4 is 17.3 Å². The number of hydrogen-bond donors (Lipinski definition) is 2. The molecule has 7 nitrogen and oxygen atoms in total. The van der Waals surface area contributed by atoms with E-state index in [1.165, 1.54) is 19.2 Å². The van der Waals surface area contributed by atoms with Gasteiger partial charge in [0, 0.05) is 5.54 Å². The normalized spacial score (nSPS) is 10.8. The van der Waals surface area contributed by atoms with Gasteiger partial charge in [0.1, 0.15) is 5.69 Å². The summed E-state index contributed by atoms with van der Waals surface area (Å²) in [7, 11) is 1.36. The number of anilines is 1. The molecule has 7 heteroatoms. The summed E-state index contributed by atoms with van der Waals surface area (Å²) in [6.07, 6.45) is 0. The molecule has 0 atom stereocenters. The first-order chi connectivity index (χ1) is 9.24. The van der Waals surface area contributed by atoms with Crippen molar-refractivity contribution in [1.29, 1.82) is 0 Å². The second-order valence-corrected chi connectivity index (χ2v) is 5.27. The first-order valence-corrected chi connectivity index (χ1v) is 6.11. The molecule has 0 heterocycles. The van der Waals surface area contributed by atoms with Crippen molar-refractivity contribution in [1.82, 2.24) is 5.32 Å². The van der Waals surface area contributed by atoms with E-state index in [0.29, 0.717) is 0 Å². The van der Waals surface area contributed by atoms with Gasteiger partial charge in [-0.05, 0) is 32.9 Å². The Morgan fingerprint density at radius 3 is 2.55 bits per heavy atom. The largest absolute Gasteiger partial charge is 0.490 e. The molecule has 1 aromatic carbocycles. The van der Waals surface area contributed by atoms with Crippen molar-refractivity contribution in [3.8, 4) is 5.75 Å². The van der Waals surface area contributed by atoms with Crippen molar-refractivity contribution in [2.24, 2.45) is 0 Å². The second-order valence-electron chi connectivity index (χ2n) is 5.27. The average Bonchev–Trinajstić information content (AvgIpc) is 2.33. The smallest absolute Gasteiger partial charge is 0.333 e. The van der Waals surface area contributed by atoms with Gasteiger partial charge in [0.2, 0.25) is 5.91 Å².